The summed E-state index contributed by atoms with van der Waals surface area (Å²) in [5.41, 5.74) is 0.826. The largest absolute Gasteiger partial charge is 0.348 e. The molecule has 2 amide bonds. The van der Waals surface area contributed by atoms with Gasteiger partial charge in [0.15, 0.2) is 0 Å². The molecule has 2 atom stereocenters. The zero-order valence-corrected chi connectivity index (χ0v) is 14.2. The second-order valence-corrected chi connectivity index (χ2v) is 7.11. The second kappa shape index (κ2) is 5.96. The van der Waals surface area contributed by atoms with Gasteiger partial charge in [-0.05, 0) is 5.56 Å². The van der Waals surface area contributed by atoms with E-state index in [1.165, 1.54) is 5.56 Å². The first kappa shape index (κ1) is 16.0. The number of hydrogen-bond donors (Lipinski definition) is 0. The molecule has 0 bridgehead atoms. The molecule has 5 heteroatoms. The van der Waals surface area contributed by atoms with E-state index in [1.807, 2.05) is 37.2 Å². The van der Waals surface area contributed by atoms with Crippen LogP contribution < -0.4 is 0 Å². The Balaban J connectivity index is 1.80. The molecule has 2 saturated heterocycles. The average molecular weight is 315 g/mol. The fourth-order valence-corrected chi connectivity index (χ4v) is 4.12. The number of carbonyl (C=O) groups excluding carboxylic acids is 2. The van der Waals surface area contributed by atoms with Crippen molar-refractivity contribution in [2.45, 2.75) is 13.5 Å². The van der Waals surface area contributed by atoms with Crippen LogP contribution in [0.2, 0.25) is 0 Å². The number of rotatable bonds is 3. The number of fused-ring (bicyclic) bond motifs is 1. The van der Waals surface area contributed by atoms with Crippen molar-refractivity contribution in [1.29, 1.82) is 0 Å². The minimum atomic E-state index is -0.441. The number of nitrogens with zero attached hydrogens (tertiary/aromatic N) is 3. The summed E-state index contributed by atoms with van der Waals surface area (Å²) in [6.45, 7) is 5.30. The van der Waals surface area contributed by atoms with Gasteiger partial charge in [-0.3, -0.25) is 14.5 Å². The van der Waals surface area contributed by atoms with Gasteiger partial charge in [0.05, 0.1) is 5.41 Å². The molecule has 2 aliphatic heterocycles. The van der Waals surface area contributed by atoms with Gasteiger partial charge in [-0.25, -0.2) is 0 Å². The molecule has 0 saturated carbocycles. The Hall–Kier alpha value is -1.88. The van der Waals surface area contributed by atoms with Crippen LogP contribution in [0.4, 0.5) is 0 Å². The summed E-state index contributed by atoms with van der Waals surface area (Å²) in [5, 5.41) is 0. The zero-order valence-electron chi connectivity index (χ0n) is 14.2. The van der Waals surface area contributed by atoms with Crippen LogP contribution >= 0.6 is 0 Å². The number of hydrogen-bond acceptors (Lipinski definition) is 3. The minimum absolute atomic E-state index is 0.0694. The molecule has 0 N–H and O–H groups in total. The van der Waals surface area contributed by atoms with Gasteiger partial charge in [0.2, 0.25) is 11.8 Å². The van der Waals surface area contributed by atoms with Crippen molar-refractivity contribution >= 4 is 11.8 Å². The first-order valence-corrected chi connectivity index (χ1v) is 8.16. The monoisotopic (exact) mass is 315 g/mol. The van der Waals surface area contributed by atoms with E-state index >= 15 is 0 Å². The Morgan fingerprint density at radius 2 is 1.87 bits per heavy atom. The van der Waals surface area contributed by atoms with Crippen LogP contribution in [0.5, 0.6) is 0 Å². The Bertz CT molecular complexity index is 602. The summed E-state index contributed by atoms with van der Waals surface area (Å²) in [6, 6.07) is 10.4. The third-order valence-corrected chi connectivity index (χ3v) is 5.21. The molecule has 2 heterocycles. The lowest BCUT2D eigenvalue weighted by Crippen LogP contribution is -2.47. The number of benzene rings is 1. The lowest BCUT2D eigenvalue weighted by molar-refractivity contribution is -0.140. The fraction of sp³-hybridized carbons (Fsp3) is 0.556. The highest BCUT2D eigenvalue weighted by atomic mass is 16.2. The van der Waals surface area contributed by atoms with Gasteiger partial charge in [-0.15, -0.1) is 0 Å². The van der Waals surface area contributed by atoms with E-state index in [0.29, 0.717) is 13.1 Å². The number of likely N-dealkylation sites (tertiary alicyclic amines) is 2. The minimum Gasteiger partial charge on any atom is -0.348 e. The van der Waals surface area contributed by atoms with Gasteiger partial charge in [-0.2, -0.15) is 0 Å². The van der Waals surface area contributed by atoms with Crippen LogP contribution in [-0.4, -0.2) is 66.8 Å². The van der Waals surface area contributed by atoms with E-state index in [2.05, 4.69) is 17.0 Å². The Kier molecular flexibility index (Phi) is 4.15. The lowest BCUT2D eigenvalue weighted by Gasteiger charge is -2.30. The molecule has 0 radical (unpaired) electrons. The van der Waals surface area contributed by atoms with Crippen LogP contribution in [0.15, 0.2) is 30.3 Å². The van der Waals surface area contributed by atoms with Gasteiger partial charge in [0, 0.05) is 59.7 Å². The first-order chi connectivity index (χ1) is 10.9. The third kappa shape index (κ3) is 2.85. The molecule has 5 nitrogen and oxygen atoms in total. The van der Waals surface area contributed by atoms with E-state index in [-0.39, 0.29) is 17.7 Å². The van der Waals surface area contributed by atoms with Gasteiger partial charge in [0.25, 0.3) is 0 Å². The zero-order chi connectivity index (χ0) is 16.6. The van der Waals surface area contributed by atoms with Gasteiger partial charge in [-0.1, -0.05) is 30.3 Å². The molecule has 1 aromatic rings. The van der Waals surface area contributed by atoms with E-state index in [0.717, 1.165) is 19.6 Å². The molecular weight excluding hydrogens is 290 g/mol. The van der Waals surface area contributed by atoms with Crippen molar-refractivity contribution in [3.8, 4) is 0 Å². The maximum Gasteiger partial charge on any atom is 0.231 e. The highest BCUT2D eigenvalue weighted by Gasteiger charge is 2.58. The third-order valence-electron chi connectivity index (χ3n) is 5.21. The van der Waals surface area contributed by atoms with Crippen LogP contribution in [0.1, 0.15) is 12.5 Å². The SMILES string of the molecule is CC(=O)N1C[C@@H]2CN(Cc3ccccc3)C[C@]2(C(=O)N(C)C)C1. The van der Waals surface area contributed by atoms with Gasteiger partial charge >= 0.3 is 0 Å². The molecular formula is C18H25N3O2. The number of carbonyl (C=O) groups is 2. The highest BCUT2D eigenvalue weighted by molar-refractivity contribution is 5.86. The van der Waals surface area contributed by atoms with Crippen molar-refractivity contribution in [2.24, 2.45) is 11.3 Å². The highest BCUT2D eigenvalue weighted by Crippen LogP contribution is 2.44. The van der Waals surface area contributed by atoms with Crippen LogP contribution in [0.3, 0.4) is 0 Å². The quantitative estimate of drug-likeness (QED) is 0.838. The normalized spacial score (nSPS) is 27.1. The summed E-state index contributed by atoms with van der Waals surface area (Å²) in [5.74, 6) is 0.451. The molecule has 2 fully saturated rings. The summed E-state index contributed by atoms with van der Waals surface area (Å²) in [6.07, 6.45) is 0. The van der Waals surface area contributed by atoms with E-state index in [1.54, 1.807) is 11.8 Å². The Morgan fingerprint density at radius 3 is 2.48 bits per heavy atom. The predicted octanol–water partition coefficient (Wildman–Crippen LogP) is 1.06. The molecule has 0 aromatic heterocycles. The van der Waals surface area contributed by atoms with Crippen LogP contribution in [0.25, 0.3) is 0 Å². The maximum absolute atomic E-state index is 12.9. The van der Waals surface area contributed by atoms with E-state index in [4.69, 9.17) is 0 Å². The van der Waals surface area contributed by atoms with Crippen molar-refractivity contribution in [2.75, 3.05) is 40.3 Å². The molecule has 3 rings (SSSR count). The smallest absolute Gasteiger partial charge is 0.231 e. The topological polar surface area (TPSA) is 43.9 Å². The number of amides is 2. The molecule has 124 valence electrons. The Morgan fingerprint density at radius 1 is 1.17 bits per heavy atom. The van der Waals surface area contributed by atoms with Crippen molar-refractivity contribution < 1.29 is 9.59 Å². The summed E-state index contributed by atoms with van der Waals surface area (Å²) in [4.78, 5) is 30.5. The molecule has 1 aromatic carbocycles. The van der Waals surface area contributed by atoms with Crippen LogP contribution in [0, 0.1) is 11.3 Å². The average Bonchev–Trinajstić information content (AvgIpc) is 3.02. The van der Waals surface area contributed by atoms with Crippen molar-refractivity contribution in [3.63, 3.8) is 0 Å². The van der Waals surface area contributed by atoms with Gasteiger partial charge in [0.1, 0.15) is 0 Å². The Labute approximate surface area is 137 Å². The first-order valence-electron chi connectivity index (χ1n) is 8.16. The summed E-state index contributed by atoms with van der Waals surface area (Å²) >= 11 is 0. The van der Waals surface area contributed by atoms with Crippen LogP contribution in [-0.2, 0) is 16.1 Å². The maximum atomic E-state index is 12.9. The van der Waals surface area contributed by atoms with Crippen molar-refractivity contribution in [1.82, 2.24) is 14.7 Å². The predicted molar refractivity (Wildman–Crippen MR) is 88.6 cm³/mol. The molecule has 0 unspecified atom stereocenters. The summed E-state index contributed by atoms with van der Waals surface area (Å²) in [7, 11) is 3.62. The van der Waals surface area contributed by atoms with Crippen molar-refractivity contribution in [3.05, 3.63) is 35.9 Å². The molecule has 0 aliphatic carbocycles. The summed E-state index contributed by atoms with van der Waals surface area (Å²) < 4.78 is 0. The fourth-order valence-electron chi connectivity index (χ4n) is 4.12. The van der Waals surface area contributed by atoms with E-state index < -0.39 is 5.41 Å². The molecule has 0 spiro atoms. The standard InChI is InChI=1S/C18H25N3O2/c1-14(22)21-11-16-10-20(9-15-7-5-4-6-8-15)12-18(16,13-21)17(23)19(2)3/h4-8,16H,9-13H2,1-3H3/t16-,18-/m0/s1. The van der Waals surface area contributed by atoms with Gasteiger partial charge < -0.3 is 9.80 Å². The molecule has 23 heavy (non-hydrogen) atoms. The lowest BCUT2D eigenvalue weighted by atomic mass is 9.80. The van der Waals surface area contributed by atoms with E-state index in [9.17, 15) is 9.59 Å². The second-order valence-electron chi connectivity index (χ2n) is 7.11. The molecule has 2 aliphatic rings.